The van der Waals surface area contributed by atoms with Gasteiger partial charge in [-0.25, -0.2) is 4.79 Å². The fourth-order valence-corrected chi connectivity index (χ4v) is 3.28. The van der Waals surface area contributed by atoms with Crippen molar-refractivity contribution in [3.8, 4) is 0 Å². The van der Waals surface area contributed by atoms with Crippen molar-refractivity contribution in [2.75, 3.05) is 6.61 Å². The molecule has 0 fully saturated rings. The number of hydrogen-bond donors (Lipinski definition) is 0. The highest BCUT2D eigenvalue weighted by Gasteiger charge is 2.10. The summed E-state index contributed by atoms with van der Waals surface area (Å²) in [7, 11) is 0. The molecule has 0 radical (unpaired) electrons. The molecule has 0 N–H and O–H groups in total. The molecule has 0 aliphatic carbocycles. The third-order valence-corrected chi connectivity index (χ3v) is 4.23. The van der Waals surface area contributed by atoms with Gasteiger partial charge in [-0.1, -0.05) is 48.5 Å². The SMILES string of the molecule is CCOC(=O)/C=C/c1cc2cccc3ccc4cccc1c4c32. The van der Waals surface area contributed by atoms with E-state index in [1.54, 1.807) is 0 Å². The molecule has 0 heterocycles. The summed E-state index contributed by atoms with van der Waals surface area (Å²) >= 11 is 0. The van der Waals surface area contributed by atoms with E-state index in [-0.39, 0.29) is 5.97 Å². The molecule has 0 aliphatic rings. The summed E-state index contributed by atoms with van der Waals surface area (Å²) in [5.74, 6) is -0.308. The molecule has 2 heteroatoms. The Morgan fingerprint density at radius 1 is 0.957 bits per heavy atom. The highest BCUT2D eigenvalue weighted by Crippen LogP contribution is 2.36. The van der Waals surface area contributed by atoms with Gasteiger partial charge in [0.15, 0.2) is 0 Å². The Labute approximate surface area is 134 Å². The minimum atomic E-state index is -0.308. The molecule has 0 amide bonds. The fraction of sp³-hybridized carbons (Fsp3) is 0.0952. The average Bonchev–Trinajstić information content (AvgIpc) is 2.58. The third-order valence-electron chi connectivity index (χ3n) is 4.23. The van der Waals surface area contributed by atoms with Gasteiger partial charge in [-0.15, -0.1) is 0 Å². The molecule has 2 nitrogen and oxygen atoms in total. The minimum absolute atomic E-state index is 0.308. The van der Waals surface area contributed by atoms with E-state index in [2.05, 4.69) is 54.6 Å². The van der Waals surface area contributed by atoms with Crippen LogP contribution < -0.4 is 0 Å². The van der Waals surface area contributed by atoms with Crippen LogP contribution >= 0.6 is 0 Å². The van der Waals surface area contributed by atoms with E-state index in [0.29, 0.717) is 6.61 Å². The smallest absolute Gasteiger partial charge is 0.330 e. The minimum Gasteiger partial charge on any atom is -0.463 e. The maximum absolute atomic E-state index is 11.6. The lowest BCUT2D eigenvalue weighted by molar-refractivity contribution is -0.137. The average molecular weight is 300 g/mol. The summed E-state index contributed by atoms with van der Waals surface area (Å²) < 4.78 is 4.98. The zero-order valence-electron chi connectivity index (χ0n) is 12.9. The van der Waals surface area contributed by atoms with Crippen LogP contribution in [-0.4, -0.2) is 12.6 Å². The van der Waals surface area contributed by atoms with Gasteiger partial charge in [0, 0.05) is 6.08 Å². The summed E-state index contributed by atoms with van der Waals surface area (Å²) in [6, 6.07) is 19.1. The van der Waals surface area contributed by atoms with E-state index in [9.17, 15) is 4.79 Å². The van der Waals surface area contributed by atoms with Gasteiger partial charge in [-0.3, -0.25) is 0 Å². The molecule has 23 heavy (non-hydrogen) atoms. The predicted octanol–water partition coefficient (Wildman–Crippen LogP) is 5.16. The van der Waals surface area contributed by atoms with E-state index < -0.39 is 0 Å². The van der Waals surface area contributed by atoms with E-state index in [0.717, 1.165) is 10.9 Å². The lowest BCUT2D eigenvalue weighted by Gasteiger charge is -2.12. The normalized spacial score (nSPS) is 11.9. The number of ether oxygens (including phenoxy) is 1. The molecule has 0 aromatic heterocycles. The van der Waals surface area contributed by atoms with Crippen LogP contribution in [0, 0.1) is 0 Å². The highest BCUT2D eigenvalue weighted by molar-refractivity contribution is 6.24. The van der Waals surface area contributed by atoms with Gasteiger partial charge >= 0.3 is 5.97 Å². The molecule has 4 rings (SSSR count). The maximum Gasteiger partial charge on any atom is 0.330 e. The van der Waals surface area contributed by atoms with Crippen LogP contribution in [0.25, 0.3) is 38.4 Å². The standard InChI is InChI=1S/C21H16O2/c1-2-23-19(22)12-11-16-13-17-7-3-5-14-9-10-15-6-4-8-18(16)21(15)20(14)17/h3-13H,2H2,1H3/b12-11+. The van der Waals surface area contributed by atoms with Gasteiger partial charge in [0.2, 0.25) is 0 Å². The topological polar surface area (TPSA) is 26.3 Å². The second kappa shape index (κ2) is 5.40. The molecule has 0 unspecified atom stereocenters. The largest absolute Gasteiger partial charge is 0.463 e. The van der Waals surface area contributed by atoms with Gasteiger partial charge in [0.05, 0.1) is 6.61 Å². The lowest BCUT2D eigenvalue weighted by Crippen LogP contribution is -1.98. The van der Waals surface area contributed by atoms with Crippen molar-refractivity contribution in [2.45, 2.75) is 6.92 Å². The zero-order chi connectivity index (χ0) is 15.8. The summed E-state index contributed by atoms with van der Waals surface area (Å²) in [4.78, 5) is 11.6. The number of esters is 1. The van der Waals surface area contributed by atoms with E-state index >= 15 is 0 Å². The first-order valence-electron chi connectivity index (χ1n) is 7.79. The summed E-state index contributed by atoms with van der Waals surface area (Å²) in [5, 5.41) is 7.35. The molecule has 0 saturated heterocycles. The molecule has 0 atom stereocenters. The van der Waals surface area contributed by atoms with Crippen LogP contribution in [0.15, 0.2) is 60.7 Å². The number of benzene rings is 4. The fourth-order valence-electron chi connectivity index (χ4n) is 3.28. The van der Waals surface area contributed by atoms with Crippen LogP contribution in [0.1, 0.15) is 12.5 Å². The maximum atomic E-state index is 11.6. The Bertz CT molecular complexity index is 1040. The van der Waals surface area contributed by atoms with Crippen LogP contribution in [-0.2, 0) is 9.53 Å². The van der Waals surface area contributed by atoms with E-state index in [1.807, 2.05) is 13.0 Å². The van der Waals surface area contributed by atoms with Crippen LogP contribution in [0.5, 0.6) is 0 Å². The summed E-state index contributed by atoms with van der Waals surface area (Å²) in [6.45, 7) is 2.20. The Balaban J connectivity index is 2.02. The number of carbonyl (C=O) groups is 1. The first kappa shape index (κ1) is 13.8. The molecule has 0 saturated carbocycles. The molecule has 4 aromatic carbocycles. The zero-order valence-corrected chi connectivity index (χ0v) is 12.9. The van der Waals surface area contributed by atoms with Crippen molar-refractivity contribution in [3.05, 3.63) is 66.2 Å². The Morgan fingerprint density at radius 2 is 1.65 bits per heavy atom. The van der Waals surface area contributed by atoms with Crippen molar-refractivity contribution < 1.29 is 9.53 Å². The molecule has 112 valence electrons. The second-order valence-corrected chi connectivity index (χ2v) is 5.60. The van der Waals surface area contributed by atoms with Gasteiger partial charge < -0.3 is 4.74 Å². The second-order valence-electron chi connectivity index (χ2n) is 5.60. The van der Waals surface area contributed by atoms with Gasteiger partial charge in [-0.05, 0) is 56.9 Å². The lowest BCUT2D eigenvalue weighted by atomic mass is 9.91. The van der Waals surface area contributed by atoms with E-state index in [4.69, 9.17) is 4.74 Å². The first-order chi connectivity index (χ1) is 11.3. The molecular weight excluding hydrogens is 284 g/mol. The monoisotopic (exact) mass is 300 g/mol. The highest BCUT2D eigenvalue weighted by atomic mass is 16.5. The third kappa shape index (κ3) is 2.23. The van der Waals surface area contributed by atoms with Crippen LogP contribution in [0.2, 0.25) is 0 Å². The number of rotatable bonds is 3. The summed E-state index contributed by atoms with van der Waals surface area (Å²) in [6.07, 6.45) is 3.35. The molecule has 4 aromatic rings. The van der Waals surface area contributed by atoms with Crippen molar-refractivity contribution >= 4 is 44.4 Å². The van der Waals surface area contributed by atoms with Crippen molar-refractivity contribution in [1.82, 2.24) is 0 Å². The number of carbonyl (C=O) groups excluding carboxylic acids is 1. The summed E-state index contributed by atoms with van der Waals surface area (Å²) in [5.41, 5.74) is 1.04. The van der Waals surface area contributed by atoms with Crippen LogP contribution in [0.4, 0.5) is 0 Å². The number of hydrogen-bond acceptors (Lipinski definition) is 2. The van der Waals surface area contributed by atoms with Crippen molar-refractivity contribution in [3.63, 3.8) is 0 Å². The van der Waals surface area contributed by atoms with Crippen molar-refractivity contribution in [2.24, 2.45) is 0 Å². The van der Waals surface area contributed by atoms with Gasteiger partial charge in [-0.2, -0.15) is 0 Å². The molecular formula is C21H16O2. The van der Waals surface area contributed by atoms with Gasteiger partial charge in [0.1, 0.15) is 0 Å². The molecule has 0 aliphatic heterocycles. The Kier molecular flexibility index (Phi) is 3.23. The molecule has 0 spiro atoms. The predicted molar refractivity (Wildman–Crippen MR) is 95.8 cm³/mol. The van der Waals surface area contributed by atoms with Gasteiger partial charge in [0.25, 0.3) is 0 Å². The van der Waals surface area contributed by atoms with Crippen molar-refractivity contribution in [1.29, 1.82) is 0 Å². The van der Waals surface area contributed by atoms with E-state index in [1.165, 1.54) is 33.0 Å². The Hall–Kier alpha value is -2.87. The quantitative estimate of drug-likeness (QED) is 0.297. The van der Waals surface area contributed by atoms with Crippen LogP contribution in [0.3, 0.4) is 0 Å². The Morgan fingerprint density at radius 3 is 2.43 bits per heavy atom. The molecule has 0 bridgehead atoms. The first-order valence-corrected chi connectivity index (χ1v) is 7.79.